The number of rotatable bonds is 4. The maximum atomic E-state index is 13.6. The number of fused-ring (bicyclic) bond motifs is 2. The molecule has 4 heterocycles. The van der Waals surface area contributed by atoms with Gasteiger partial charge in [-0.05, 0) is 24.6 Å². The van der Waals surface area contributed by atoms with Gasteiger partial charge in [-0.15, -0.1) is 11.3 Å². The van der Waals surface area contributed by atoms with Crippen LogP contribution in [0.4, 0.5) is 0 Å². The average Bonchev–Trinajstić information content (AvgIpc) is 3.31. The first-order valence-corrected chi connectivity index (χ1v) is 12.1. The van der Waals surface area contributed by atoms with E-state index in [9.17, 15) is 8.42 Å². The van der Waals surface area contributed by atoms with E-state index in [2.05, 4.69) is 14.9 Å². The summed E-state index contributed by atoms with van der Waals surface area (Å²) in [6.07, 6.45) is 1.29. The largest absolute Gasteiger partial charge is 0.470 e. The molecule has 5 rings (SSSR count). The third-order valence-corrected chi connectivity index (χ3v) is 8.47. The second kappa shape index (κ2) is 7.73. The monoisotopic (exact) mass is 442 g/mol. The Labute approximate surface area is 180 Å². The molecule has 2 unspecified atom stereocenters. The highest BCUT2D eigenvalue weighted by molar-refractivity contribution is 7.89. The molecule has 0 saturated carbocycles. The number of benzene rings is 1. The van der Waals surface area contributed by atoms with Gasteiger partial charge in [0.1, 0.15) is 11.0 Å². The van der Waals surface area contributed by atoms with Crippen molar-refractivity contribution in [3.8, 4) is 5.88 Å². The van der Waals surface area contributed by atoms with Crippen LogP contribution in [0.1, 0.15) is 16.1 Å². The van der Waals surface area contributed by atoms with Crippen LogP contribution in [0.3, 0.4) is 0 Å². The molecule has 30 heavy (non-hydrogen) atoms. The molecule has 0 amide bonds. The van der Waals surface area contributed by atoms with Gasteiger partial charge in [-0.2, -0.15) is 4.31 Å². The molecule has 2 aliphatic rings. The lowest BCUT2D eigenvalue weighted by molar-refractivity contribution is 0.144. The molecule has 3 aromatic rings. The minimum absolute atomic E-state index is 0.139. The van der Waals surface area contributed by atoms with Crippen molar-refractivity contribution in [1.82, 2.24) is 19.2 Å². The number of hydrogen-bond acceptors (Lipinski definition) is 7. The van der Waals surface area contributed by atoms with E-state index >= 15 is 0 Å². The maximum Gasteiger partial charge on any atom is 0.249 e. The van der Waals surface area contributed by atoms with E-state index < -0.39 is 10.0 Å². The van der Waals surface area contributed by atoms with Crippen LogP contribution in [0.15, 0.2) is 59.1 Å². The van der Waals surface area contributed by atoms with Crippen molar-refractivity contribution in [2.75, 3.05) is 13.1 Å². The number of hydrogen-bond donors (Lipinski definition) is 0. The van der Waals surface area contributed by atoms with E-state index in [0.717, 1.165) is 17.8 Å². The van der Waals surface area contributed by atoms with Crippen LogP contribution in [-0.4, -0.2) is 52.8 Å². The fraction of sp³-hybridized carbons (Fsp3) is 0.333. The lowest BCUT2D eigenvalue weighted by Gasteiger charge is -2.28. The summed E-state index contributed by atoms with van der Waals surface area (Å²) in [6.45, 7) is 4.28. The predicted molar refractivity (Wildman–Crippen MR) is 114 cm³/mol. The second-order valence-electron chi connectivity index (χ2n) is 7.62. The second-order valence-corrected chi connectivity index (χ2v) is 10.4. The fourth-order valence-corrected chi connectivity index (χ4v) is 6.63. The lowest BCUT2D eigenvalue weighted by atomic mass is 10.1. The first-order chi connectivity index (χ1) is 14.5. The van der Waals surface area contributed by atoms with E-state index in [4.69, 9.17) is 4.74 Å². The minimum atomic E-state index is -3.76. The number of aromatic nitrogens is 2. The van der Waals surface area contributed by atoms with E-state index in [1.807, 2.05) is 42.8 Å². The van der Waals surface area contributed by atoms with Gasteiger partial charge in [-0.25, -0.2) is 18.4 Å². The summed E-state index contributed by atoms with van der Waals surface area (Å²) in [4.78, 5) is 12.2. The Morgan fingerprint density at radius 2 is 1.93 bits per heavy atom. The van der Waals surface area contributed by atoms with Crippen molar-refractivity contribution in [1.29, 1.82) is 0 Å². The Morgan fingerprint density at radius 1 is 1.10 bits per heavy atom. The molecule has 7 nitrogen and oxygen atoms in total. The molecular formula is C21H22N4O3S2. The van der Waals surface area contributed by atoms with Crippen LogP contribution in [0.5, 0.6) is 5.88 Å². The Kier molecular flexibility index (Phi) is 5.06. The summed E-state index contributed by atoms with van der Waals surface area (Å²) in [5.74, 6) is 0.193. The zero-order valence-corrected chi connectivity index (χ0v) is 18.1. The van der Waals surface area contributed by atoms with Gasteiger partial charge in [0.2, 0.25) is 15.9 Å². The standard InChI is InChI=1S/C21H22N4O3S2/c1-15-19(29-14-23-15)13-24-11-17-18(12-24)28-21-20(8-5-9-22-21)30(26,27)25(17)10-16-6-3-2-4-7-16/h2-9,14,17-18H,10-13H2,1H3. The summed E-state index contributed by atoms with van der Waals surface area (Å²) < 4.78 is 35.0. The van der Waals surface area contributed by atoms with Gasteiger partial charge in [0.05, 0.1) is 17.2 Å². The van der Waals surface area contributed by atoms with Crippen LogP contribution >= 0.6 is 11.3 Å². The van der Waals surface area contributed by atoms with Gasteiger partial charge >= 0.3 is 0 Å². The summed E-state index contributed by atoms with van der Waals surface area (Å²) in [5.41, 5.74) is 3.82. The van der Waals surface area contributed by atoms with Crippen LogP contribution < -0.4 is 4.74 Å². The molecule has 0 bridgehead atoms. The third-order valence-electron chi connectivity index (χ3n) is 5.66. The summed E-state index contributed by atoms with van der Waals surface area (Å²) >= 11 is 1.63. The van der Waals surface area contributed by atoms with Crippen molar-refractivity contribution in [2.45, 2.75) is 37.1 Å². The number of sulfonamides is 1. The average molecular weight is 443 g/mol. The highest BCUT2D eigenvalue weighted by atomic mass is 32.2. The van der Waals surface area contributed by atoms with Gasteiger partial charge in [-0.1, -0.05) is 30.3 Å². The molecule has 1 saturated heterocycles. The maximum absolute atomic E-state index is 13.6. The van der Waals surface area contributed by atoms with Gasteiger partial charge < -0.3 is 4.74 Å². The molecule has 0 aliphatic carbocycles. The molecule has 1 aromatic carbocycles. The van der Waals surface area contributed by atoms with Gasteiger partial charge in [0.15, 0.2) is 0 Å². The van der Waals surface area contributed by atoms with Crippen molar-refractivity contribution in [3.63, 3.8) is 0 Å². The molecule has 0 radical (unpaired) electrons. The number of ether oxygens (including phenoxy) is 1. The Balaban J connectivity index is 1.51. The van der Waals surface area contributed by atoms with E-state index in [1.54, 1.807) is 34.0 Å². The molecule has 9 heteroatoms. The molecule has 0 spiro atoms. The summed E-state index contributed by atoms with van der Waals surface area (Å²) in [6, 6.07) is 12.6. The first-order valence-electron chi connectivity index (χ1n) is 9.81. The number of likely N-dealkylation sites (tertiary alicyclic amines) is 1. The number of thiazole rings is 1. The van der Waals surface area contributed by atoms with E-state index in [0.29, 0.717) is 19.6 Å². The van der Waals surface area contributed by atoms with E-state index in [-0.39, 0.29) is 22.9 Å². The van der Waals surface area contributed by atoms with Crippen LogP contribution in [0.2, 0.25) is 0 Å². The molecule has 2 atom stereocenters. The highest BCUT2D eigenvalue weighted by Crippen LogP contribution is 2.36. The SMILES string of the molecule is Cc1ncsc1CN1CC2Oc3ncccc3S(=O)(=O)N(Cc3ccccc3)C2C1. The first kappa shape index (κ1) is 19.6. The molecule has 1 fully saturated rings. The van der Waals surface area contributed by atoms with Crippen molar-refractivity contribution in [2.24, 2.45) is 0 Å². The van der Waals surface area contributed by atoms with Gasteiger partial charge in [-0.3, -0.25) is 4.90 Å². The molecule has 0 N–H and O–H groups in total. The van der Waals surface area contributed by atoms with Crippen LogP contribution in [0, 0.1) is 6.92 Å². The third kappa shape index (κ3) is 3.51. The lowest BCUT2D eigenvalue weighted by Crippen LogP contribution is -2.46. The highest BCUT2D eigenvalue weighted by Gasteiger charge is 2.47. The Bertz CT molecular complexity index is 1150. The number of nitrogens with zero attached hydrogens (tertiary/aromatic N) is 4. The quantitative estimate of drug-likeness (QED) is 0.618. The Hall–Kier alpha value is -2.33. The summed E-state index contributed by atoms with van der Waals surface area (Å²) in [7, 11) is -3.76. The van der Waals surface area contributed by atoms with Crippen LogP contribution in [-0.2, 0) is 23.1 Å². The van der Waals surface area contributed by atoms with Crippen molar-refractivity contribution in [3.05, 3.63) is 70.3 Å². The topological polar surface area (TPSA) is 75.6 Å². The van der Waals surface area contributed by atoms with E-state index in [1.165, 1.54) is 4.88 Å². The predicted octanol–water partition coefficient (Wildman–Crippen LogP) is 2.68. The number of aryl methyl sites for hydroxylation is 1. The zero-order chi connectivity index (χ0) is 20.7. The molecule has 2 aromatic heterocycles. The normalized spacial score (nSPS) is 23.4. The summed E-state index contributed by atoms with van der Waals surface area (Å²) in [5, 5.41) is 0. The van der Waals surface area contributed by atoms with Crippen molar-refractivity contribution >= 4 is 21.4 Å². The molecular weight excluding hydrogens is 420 g/mol. The fourth-order valence-electron chi connectivity index (χ4n) is 4.11. The Morgan fingerprint density at radius 3 is 2.70 bits per heavy atom. The molecule has 2 aliphatic heterocycles. The van der Waals surface area contributed by atoms with Crippen molar-refractivity contribution < 1.29 is 13.2 Å². The van der Waals surface area contributed by atoms with Crippen LogP contribution in [0.25, 0.3) is 0 Å². The van der Waals surface area contributed by atoms with Gasteiger partial charge in [0, 0.05) is 37.3 Å². The molecule has 156 valence electrons. The number of pyridine rings is 1. The van der Waals surface area contributed by atoms with Gasteiger partial charge in [0.25, 0.3) is 0 Å². The smallest absolute Gasteiger partial charge is 0.249 e. The minimum Gasteiger partial charge on any atom is -0.470 e. The zero-order valence-electron chi connectivity index (χ0n) is 16.5.